The molecule has 25 heavy (non-hydrogen) atoms. The van der Waals surface area contributed by atoms with Gasteiger partial charge in [0.2, 0.25) is 5.13 Å². The lowest BCUT2D eigenvalue weighted by Gasteiger charge is -2.09. The van der Waals surface area contributed by atoms with Crippen LogP contribution in [-0.2, 0) is 11.2 Å². The van der Waals surface area contributed by atoms with Crippen LogP contribution < -0.4 is 10.1 Å². The van der Waals surface area contributed by atoms with Gasteiger partial charge in [0.25, 0.3) is 5.91 Å². The number of rotatable bonds is 6. The van der Waals surface area contributed by atoms with Crippen LogP contribution in [0.15, 0.2) is 48.5 Å². The molecule has 0 aliphatic carbocycles. The van der Waals surface area contributed by atoms with Crippen LogP contribution in [0.3, 0.4) is 0 Å². The van der Waals surface area contributed by atoms with Crippen molar-refractivity contribution in [3.8, 4) is 16.3 Å². The van der Waals surface area contributed by atoms with Gasteiger partial charge in [-0.1, -0.05) is 66.3 Å². The molecule has 3 aromatic rings. The number of aromatic nitrogens is 2. The zero-order chi connectivity index (χ0) is 17.6. The Balaban J connectivity index is 1.61. The summed E-state index contributed by atoms with van der Waals surface area (Å²) < 4.78 is 5.60. The summed E-state index contributed by atoms with van der Waals surface area (Å²) in [6.07, 6.45) is 0.843. The molecular weight excluding hydrogens is 358 g/mol. The fourth-order valence-corrected chi connectivity index (χ4v) is 3.33. The number of anilines is 1. The second-order valence-electron chi connectivity index (χ2n) is 5.19. The second kappa shape index (κ2) is 8.09. The molecule has 0 radical (unpaired) electrons. The van der Waals surface area contributed by atoms with Crippen LogP contribution in [0.2, 0.25) is 5.02 Å². The van der Waals surface area contributed by atoms with Gasteiger partial charge in [-0.2, -0.15) is 0 Å². The van der Waals surface area contributed by atoms with E-state index in [1.54, 1.807) is 6.07 Å². The molecule has 0 unspecified atom stereocenters. The van der Waals surface area contributed by atoms with Crippen molar-refractivity contribution >= 4 is 34.0 Å². The van der Waals surface area contributed by atoms with Crippen molar-refractivity contribution in [1.29, 1.82) is 0 Å². The lowest BCUT2D eigenvalue weighted by Crippen LogP contribution is -2.20. The minimum absolute atomic E-state index is 0.0853. The van der Waals surface area contributed by atoms with Gasteiger partial charge in [-0.15, -0.1) is 10.2 Å². The van der Waals surface area contributed by atoms with Crippen molar-refractivity contribution in [3.05, 3.63) is 59.1 Å². The van der Waals surface area contributed by atoms with Crippen LogP contribution >= 0.6 is 22.9 Å². The first kappa shape index (κ1) is 17.4. The number of benzene rings is 2. The van der Waals surface area contributed by atoms with Gasteiger partial charge in [0.05, 0.1) is 5.02 Å². The standard InChI is InChI=1S/C18H16ClN3O2S/c1-2-12-7-3-6-10-15(12)24-11-16(23)20-18-22-21-17(25-18)13-8-4-5-9-14(13)19/h3-10H,2,11H2,1H3,(H,20,22,23). The summed E-state index contributed by atoms with van der Waals surface area (Å²) in [5.74, 6) is 0.432. The molecule has 3 rings (SSSR count). The quantitative estimate of drug-likeness (QED) is 0.693. The van der Waals surface area contributed by atoms with Gasteiger partial charge in [0.1, 0.15) is 5.75 Å². The fraction of sp³-hybridized carbons (Fsp3) is 0.167. The molecule has 0 bridgehead atoms. The number of hydrogen-bond acceptors (Lipinski definition) is 5. The van der Waals surface area contributed by atoms with Crippen LogP contribution in [0.1, 0.15) is 12.5 Å². The maximum absolute atomic E-state index is 12.1. The van der Waals surface area contributed by atoms with Crippen LogP contribution in [0, 0.1) is 0 Å². The van der Waals surface area contributed by atoms with Crippen LogP contribution in [0.4, 0.5) is 5.13 Å². The predicted molar refractivity (Wildman–Crippen MR) is 100 cm³/mol. The third kappa shape index (κ3) is 4.35. The average molecular weight is 374 g/mol. The first-order valence-electron chi connectivity index (χ1n) is 7.76. The molecule has 0 aliphatic heterocycles. The van der Waals surface area contributed by atoms with E-state index in [0.717, 1.165) is 17.5 Å². The summed E-state index contributed by atoms with van der Waals surface area (Å²) in [4.78, 5) is 12.1. The van der Waals surface area contributed by atoms with Gasteiger partial charge in [-0.05, 0) is 24.1 Å². The van der Waals surface area contributed by atoms with Crippen molar-refractivity contribution in [1.82, 2.24) is 10.2 Å². The molecule has 128 valence electrons. The molecule has 0 spiro atoms. The van der Waals surface area contributed by atoms with E-state index in [-0.39, 0.29) is 12.5 Å². The third-order valence-electron chi connectivity index (χ3n) is 3.49. The summed E-state index contributed by atoms with van der Waals surface area (Å²) in [5.41, 5.74) is 1.85. The Kier molecular flexibility index (Phi) is 5.63. The maximum atomic E-state index is 12.1. The number of amides is 1. The topological polar surface area (TPSA) is 64.1 Å². The Labute approximate surface area is 154 Å². The zero-order valence-electron chi connectivity index (χ0n) is 13.5. The summed E-state index contributed by atoms with van der Waals surface area (Å²) in [7, 11) is 0. The number of aryl methyl sites for hydroxylation is 1. The predicted octanol–water partition coefficient (Wildman–Crippen LogP) is 4.44. The molecule has 1 amide bonds. The van der Waals surface area contributed by atoms with E-state index in [9.17, 15) is 4.79 Å². The number of carbonyl (C=O) groups excluding carboxylic acids is 1. The van der Waals surface area contributed by atoms with Gasteiger partial charge >= 0.3 is 0 Å². The molecule has 5 nitrogen and oxygen atoms in total. The zero-order valence-corrected chi connectivity index (χ0v) is 15.1. The number of nitrogens with zero attached hydrogens (tertiary/aromatic N) is 2. The minimum Gasteiger partial charge on any atom is -0.483 e. The summed E-state index contributed by atoms with van der Waals surface area (Å²) in [6, 6.07) is 15.0. The molecule has 0 atom stereocenters. The van der Waals surface area contributed by atoms with Crippen molar-refractivity contribution in [2.24, 2.45) is 0 Å². The van der Waals surface area contributed by atoms with E-state index in [2.05, 4.69) is 15.5 Å². The molecule has 1 heterocycles. The maximum Gasteiger partial charge on any atom is 0.264 e. The van der Waals surface area contributed by atoms with Crippen molar-refractivity contribution < 1.29 is 9.53 Å². The van der Waals surface area contributed by atoms with E-state index in [0.29, 0.717) is 20.9 Å². The Bertz CT molecular complexity index is 882. The number of carbonyl (C=O) groups is 1. The van der Waals surface area contributed by atoms with Gasteiger partial charge in [0.15, 0.2) is 11.6 Å². The number of nitrogens with one attached hydrogen (secondary N) is 1. The summed E-state index contributed by atoms with van der Waals surface area (Å²) in [5, 5.41) is 12.4. The number of hydrogen-bond donors (Lipinski definition) is 1. The highest BCUT2D eigenvalue weighted by Crippen LogP contribution is 2.31. The lowest BCUT2D eigenvalue weighted by atomic mass is 10.1. The van der Waals surface area contributed by atoms with E-state index >= 15 is 0 Å². The SMILES string of the molecule is CCc1ccccc1OCC(=O)Nc1nnc(-c2ccccc2Cl)s1. The van der Waals surface area contributed by atoms with Gasteiger partial charge in [0, 0.05) is 5.56 Å². The monoisotopic (exact) mass is 373 g/mol. The van der Waals surface area contributed by atoms with Crippen LogP contribution in [-0.4, -0.2) is 22.7 Å². The second-order valence-corrected chi connectivity index (χ2v) is 6.58. The first-order valence-corrected chi connectivity index (χ1v) is 8.95. The van der Waals surface area contributed by atoms with Crippen LogP contribution in [0.5, 0.6) is 5.75 Å². The van der Waals surface area contributed by atoms with Crippen molar-refractivity contribution in [2.45, 2.75) is 13.3 Å². The van der Waals surface area contributed by atoms with Gasteiger partial charge in [-0.25, -0.2) is 0 Å². The van der Waals surface area contributed by atoms with Gasteiger partial charge < -0.3 is 4.74 Å². The van der Waals surface area contributed by atoms with E-state index in [1.807, 2.05) is 49.4 Å². The van der Waals surface area contributed by atoms with E-state index < -0.39 is 0 Å². The molecule has 0 aliphatic rings. The number of para-hydroxylation sites is 1. The molecule has 0 fully saturated rings. The molecule has 0 saturated heterocycles. The minimum atomic E-state index is -0.284. The highest BCUT2D eigenvalue weighted by atomic mass is 35.5. The molecule has 1 N–H and O–H groups in total. The smallest absolute Gasteiger partial charge is 0.264 e. The highest BCUT2D eigenvalue weighted by Gasteiger charge is 2.12. The normalized spacial score (nSPS) is 10.5. The molecule has 7 heteroatoms. The summed E-state index contributed by atoms with van der Waals surface area (Å²) in [6.45, 7) is 1.96. The number of halogens is 1. The average Bonchev–Trinajstić information content (AvgIpc) is 3.08. The first-order chi connectivity index (χ1) is 12.2. The lowest BCUT2D eigenvalue weighted by molar-refractivity contribution is -0.118. The fourth-order valence-electron chi connectivity index (χ4n) is 2.25. The molecule has 0 saturated carbocycles. The van der Waals surface area contributed by atoms with E-state index in [4.69, 9.17) is 16.3 Å². The van der Waals surface area contributed by atoms with Crippen molar-refractivity contribution in [3.63, 3.8) is 0 Å². The molecule has 1 aromatic heterocycles. The Hall–Kier alpha value is -2.44. The number of ether oxygens (including phenoxy) is 1. The third-order valence-corrected chi connectivity index (χ3v) is 4.69. The summed E-state index contributed by atoms with van der Waals surface area (Å²) >= 11 is 7.42. The molecular formula is C18H16ClN3O2S. The Morgan fingerprint density at radius 2 is 1.92 bits per heavy atom. The Morgan fingerprint density at radius 3 is 2.72 bits per heavy atom. The Morgan fingerprint density at radius 1 is 1.16 bits per heavy atom. The van der Waals surface area contributed by atoms with Crippen molar-refractivity contribution in [2.75, 3.05) is 11.9 Å². The largest absolute Gasteiger partial charge is 0.483 e. The van der Waals surface area contributed by atoms with Gasteiger partial charge in [-0.3, -0.25) is 10.1 Å². The molecule has 2 aromatic carbocycles. The van der Waals surface area contributed by atoms with Crippen LogP contribution in [0.25, 0.3) is 10.6 Å². The highest BCUT2D eigenvalue weighted by molar-refractivity contribution is 7.18. The van der Waals surface area contributed by atoms with E-state index in [1.165, 1.54) is 11.3 Å².